The second-order valence-electron chi connectivity index (χ2n) is 6.98. The van der Waals surface area contributed by atoms with E-state index in [2.05, 4.69) is 15.5 Å². The maximum absolute atomic E-state index is 13.0. The van der Waals surface area contributed by atoms with Gasteiger partial charge in [0.2, 0.25) is 11.1 Å². The average Bonchev–Trinajstić information content (AvgIpc) is 3.32. The summed E-state index contributed by atoms with van der Waals surface area (Å²) in [7, 11) is -1.48. The molecule has 29 heavy (non-hydrogen) atoms. The molecule has 1 fully saturated rings. The molecule has 1 aromatic heterocycles. The Kier molecular flexibility index (Phi) is 6.78. The van der Waals surface area contributed by atoms with Gasteiger partial charge in [-0.1, -0.05) is 18.7 Å². The van der Waals surface area contributed by atoms with E-state index in [0.717, 1.165) is 17.9 Å². The first kappa shape index (κ1) is 21.6. The molecule has 2 aromatic rings. The van der Waals surface area contributed by atoms with E-state index < -0.39 is 9.84 Å². The van der Waals surface area contributed by atoms with Gasteiger partial charge in [-0.2, -0.15) is 4.68 Å². The second-order valence-corrected chi connectivity index (χ2v) is 10.1. The molecular formula is C18H25N5O4S2. The first-order valence-electron chi connectivity index (χ1n) is 9.41. The van der Waals surface area contributed by atoms with Crippen molar-refractivity contribution in [1.29, 1.82) is 0 Å². The lowest BCUT2D eigenvalue weighted by atomic mass is 10.1. The van der Waals surface area contributed by atoms with Crippen molar-refractivity contribution in [2.24, 2.45) is 0 Å². The first-order valence-corrected chi connectivity index (χ1v) is 12.2. The predicted molar refractivity (Wildman–Crippen MR) is 110 cm³/mol. The van der Waals surface area contributed by atoms with Gasteiger partial charge in [0.25, 0.3) is 0 Å². The minimum atomic E-state index is -3.07. The summed E-state index contributed by atoms with van der Waals surface area (Å²) >= 11 is 1.24. The van der Waals surface area contributed by atoms with E-state index in [1.54, 1.807) is 16.7 Å². The summed E-state index contributed by atoms with van der Waals surface area (Å²) in [5.74, 6) is 0.938. The van der Waals surface area contributed by atoms with E-state index in [1.807, 2.05) is 38.1 Å². The van der Waals surface area contributed by atoms with Gasteiger partial charge in [0.05, 0.1) is 30.1 Å². The molecule has 0 radical (unpaired) electrons. The fraction of sp³-hybridized carbons (Fsp3) is 0.556. The lowest BCUT2D eigenvalue weighted by Crippen LogP contribution is -2.47. The summed E-state index contributed by atoms with van der Waals surface area (Å²) in [6.07, 6.45) is 1.25. The quantitative estimate of drug-likeness (QED) is 0.571. The molecule has 1 saturated heterocycles. The molecule has 0 N–H and O–H groups in total. The topological polar surface area (TPSA) is 107 Å². The van der Waals surface area contributed by atoms with E-state index in [1.165, 1.54) is 11.8 Å². The Bertz CT molecular complexity index is 945. The van der Waals surface area contributed by atoms with Crippen molar-refractivity contribution in [3.05, 3.63) is 24.3 Å². The van der Waals surface area contributed by atoms with Crippen LogP contribution in [0.5, 0.6) is 5.75 Å². The Morgan fingerprint density at radius 3 is 2.69 bits per heavy atom. The van der Waals surface area contributed by atoms with Crippen LogP contribution in [0.15, 0.2) is 29.4 Å². The highest BCUT2D eigenvalue weighted by atomic mass is 32.2. The molecule has 158 valence electrons. The lowest BCUT2D eigenvalue weighted by Gasteiger charge is -2.33. The number of sulfone groups is 1. The summed E-state index contributed by atoms with van der Waals surface area (Å²) in [6, 6.07) is 6.98. The monoisotopic (exact) mass is 439 g/mol. The van der Waals surface area contributed by atoms with Crippen molar-refractivity contribution in [2.75, 3.05) is 24.4 Å². The molecular weight excluding hydrogens is 414 g/mol. The summed E-state index contributed by atoms with van der Waals surface area (Å²) in [5, 5.41) is 12.2. The minimum absolute atomic E-state index is 0.0287. The van der Waals surface area contributed by atoms with Crippen molar-refractivity contribution < 1.29 is 17.9 Å². The molecule has 1 aliphatic rings. The van der Waals surface area contributed by atoms with Gasteiger partial charge in [-0.3, -0.25) is 4.79 Å². The predicted octanol–water partition coefficient (Wildman–Crippen LogP) is 1.58. The number of aromatic nitrogens is 4. The molecule has 0 aliphatic carbocycles. The summed E-state index contributed by atoms with van der Waals surface area (Å²) in [4.78, 5) is 14.7. The zero-order chi connectivity index (χ0) is 21.0. The molecule has 0 spiro atoms. The fourth-order valence-electron chi connectivity index (χ4n) is 3.36. The van der Waals surface area contributed by atoms with Crippen LogP contribution in [0, 0.1) is 0 Å². The second kappa shape index (κ2) is 9.12. The third kappa shape index (κ3) is 5.08. The van der Waals surface area contributed by atoms with Crippen molar-refractivity contribution in [3.8, 4) is 11.4 Å². The summed E-state index contributed by atoms with van der Waals surface area (Å²) in [5.41, 5.74) is 0.756. The number of ether oxygens (including phenoxy) is 1. The minimum Gasteiger partial charge on any atom is -0.497 e. The van der Waals surface area contributed by atoms with Crippen molar-refractivity contribution in [3.63, 3.8) is 0 Å². The van der Waals surface area contributed by atoms with Gasteiger partial charge in [0.15, 0.2) is 9.84 Å². The number of carbonyl (C=O) groups excluding carboxylic acids is 1. The van der Waals surface area contributed by atoms with E-state index in [0.29, 0.717) is 11.6 Å². The number of hydrogen-bond donors (Lipinski definition) is 0. The van der Waals surface area contributed by atoms with Gasteiger partial charge >= 0.3 is 0 Å². The Labute approximate surface area is 174 Å². The maximum Gasteiger partial charge on any atom is 0.233 e. The largest absolute Gasteiger partial charge is 0.497 e. The van der Waals surface area contributed by atoms with E-state index in [9.17, 15) is 13.2 Å². The third-order valence-corrected chi connectivity index (χ3v) is 7.69. The zero-order valence-electron chi connectivity index (χ0n) is 16.7. The Morgan fingerprint density at radius 2 is 2.10 bits per heavy atom. The van der Waals surface area contributed by atoms with Crippen LogP contribution >= 0.6 is 11.8 Å². The number of hydrogen-bond acceptors (Lipinski definition) is 8. The van der Waals surface area contributed by atoms with Gasteiger partial charge < -0.3 is 9.64 Å². The molecule has 0 bridgehead atoms. The van der Waals surface area contributed by atoms with Gasteiger partial charge in [0, 0.05) is 12.1 Å². The molecule has 1 aromatic carbocycles. The third-order valence-electron chi connectivity index (χ3n) is 5.04. The summed E-state index contributed by atoms with van der Waals surface area (Å²) < 4.78 is 30.5. The van der Waals surface area contributed by atoms with E-state index >= 15 is 0 Å². The van der Waals surface area contributed by atoms with Crippen LogP contribution in [0.2, 0.25) is 0 Å². The number of amides is 1. The average molecular weight is 440 g/mol. The highest BCUT2D eigenvalue weighted by molar-refractivity contribution is 7.99. The van der Waals surface area contributed by atoms with Crippen LogP contribution in [-0.2, 0) is 14.6 Å². The number of rotatable bonds is 8. The number of thioether (sulfide) groups is 1. The van der Waals surface area contributed by atoms with Gasteiger partial charge in [-0.25, -0.2) is 8.42 Å². The van der Waals surface area contributed by atoms with E-state index in [4.69, 9.17) is 4.74 Å². The highest BCUT2D eigenvalue weighted by Crippen LogP contribution is 2.25. The standard InChI is InChI=1S/C18H25N5O4S2/c1-4-13(2)22(15-9-10-29(25,26)12-15)17(24)11-28-18-19-20-21-23(18)14-5-7-16(27-3)8-6-14/h5-8,13,15H,4,9-12H2,1-3H3. The first-order chi connectivity index (χ1) is 13.8. The van der Waals surface area contributed by atoms with Crippen LogP contribution in [0.4, 0.5) is 0 Å². The van der Waals surface area contributed by atoms with Crippen LogP contribution in [0.25, 0.3) is 5.69 Å². The molecule has 2 heterocycles. The van der Waals surface area contributed by atoms with Crippen LogP contribution < -0.4 is 4.74 Å². The zero-order valence-corrected chi connectivity index (χ0v) is 18.3. The highest BCUT2D eigenvalue weighted by Gasteiger charge is 2.36. The Morgan fingerprint density at radius 1 is 1.38 bits per heavy atom. The van der Waals surface area contributed by atoms with Crippen molar-refractivity contribution >= 4 is 27.5 Å². The lowest BCUT2D eigenvalue weighted by molar-refractivity contribution is -0.132. The molecule has 2 unspecified atom stereocenters. The molecule has 2 atom stereocenters. The van der Waals surface area contributed by atoms with Crippen molar-refractivity contribution in [2.45, 2.75) is 43.9 Å². The molecule has 1 aliphatic heterocycles. The van der Waals surface area contributed by atoms with Crippen LogP contribution in [-0.4, -0.2) is 75.9 Å². The number of nitrogens with zero attached hydrogens (tertiary/aromatic N) is 5. The van der Waals surface area contributed by atoms with Gasteiger partial charge in [-0.05, 0) is 54.5 Å². The Hall–Kier alpha value is -2.14. The smallest absolute Gasteiger partial charge is 0.233 e. The normalized spacial score (nSPS) is 19.1. The summed E-state index contributed by atoms with van der Waals surface area (Å²) in [6.45, 7) is 3.95. The van der Waals surface area contributed by atoms with Crippen molar-refractivity contribution in [1.82, 2.24) is 25.1 Å². The number of tetrazole rings is 1. The van der Waals surface area contributed by atoms with E-state index in [-0.39, 0.29) is 35.2 Å². The fourth-order valence-corrected chi connectivity index (χ4v) is 5.83. The van der Waals surface area contributed by atoms with Crippen LogP contribution in [0.1, 0.15) is 26.7 Å². The molecule has 1 amide bonds. The van der Waals surface area contributed by atoms with Crippen LogP contribution in [0.3, 0.4) is 0 Å². The molecule has 9 nitrogen and oxygen atoms in total. The maximum atomic E-state index is 13.0. The number of benzene rings is 1. The van der Waals surface area contributed by atoms with Gasteiger partial charge in [0.1, 0.15) is 5.75 Å². The molecule has 3 rings (SSSR count). The Balaban J connectivity index is 1.71. The molecule has 0 saturated carbocycles. The molecule has 11 heteroatoms. The van der Waals surface area contributed by atoms with Gasteiger partial charge in [-0.15, -0.1) is 5.10 Å². The number of carbonyl (C=O) groups is 1. The number of methoxy groups -OCH3 is 1. The SMILES string of the molecule is CCC(C)N(C(=O)CSc1nnnn1-c1ccc(OC)cc1)C1CCS(=O)(=O)C1.